The summed E-state index contributed by atoms with van der Waals surface area (Å²) in [7, 11) is -3.63. The predicted molar refractivity (Wildman–Crippen MR) is 150 cm³/mol. The summed E-state index contributed by atoms with van der Waals surface area (Å²) in [4.78, 5) is 48.3. The first-order valence-electron chi connectivity index (χ1n) is 12.3. The molecule has 1 rings (SSSR count). The van der Waals surface area contributed by atoms with E-state index < -0.39 is 116 Å². The Morgan fingerprint density at radius 2 is 1.69 bits per heavy atom. The van der Waals surface area contributed by atoms with Crippen LogP contribution in [-0.2, 0) is 71.8 Å². The van der Waals surface area contributed by atoms with Crippen LogP contribution >= 0.6 is 11.3 Å². The molecule has 1 aromatic heterocycles. The molecule has 0 bridgehead atoms. The van der Waals surface area contributed by atoms with Crippen molar-refractivity contribution in [2.45, 2.75) is 62.3 Å². The summed E-state index contributed by atoms with van der Waals surface area (Å²) < 4.78 is 84.7. The molecule has 0 aromatic carbocycles. The molecule has 0 aliphatic carbocycles. The number of rotatable bonds is 18. The summed E-state index contributed by atoms with van der Waals surface area (Å²) in [5.41, 5.74) is 6.52. The van der Waals surface area contributed by atoms with Crippen LogP contribution in [-0.4, -0.2) is 97.2 Å². The average molecular weight is 675 g/mol. The van der Waals surface area contributed by atoms with E-state index >= 15 is 0 Å². The Bertz CT molecular complexity index is 1220. The van der Waals surface area contributed by atoms with Crippen LogP contribution in [0.1, 0.15) is 39.2 Å². The van der Waals surface area contributed by atoms with Crippen molar-refractivity contribution < 1.29 is 59.3 Å². The normalized spacial score (nSPS) is 17.4. The first kappa shape index (κ1) is 37.7. The molecule has 0 fully saturated rings. The molecule has 19 heteroatoms. The van der Waals surface area contributed by atoms with Gasteiger partial charge < -0.3 is 34.4 Å². The second kappa shape index (κ2) is 17.1. The summed E-state index contributed by atoms with van der Waals surface area (Å²) in [6.07, 6.45) is -1.75. The number of amides is 1. The van der Waals surface area contributed by atoms with Crippen molar-refractivity contribution in [3.63, 3.8) is 0 Å². The van der Waals surface area contributed by atoms with Crippen molar-refractivity contribution in [2.75, 3.05) is 25.2 Å². The maximum absolute atomic E-state index is 13.3. The Morgan fingerprint density at radius 3 is 2.17 bits per heavy atom. The molecular formula is C23H34N2O13S4-2. The van der Waals surface area contributed by atoms with Crippen molar-refractivity contribution in [3.8, 4) is 0 Å². The van der Waals surface area contributed by atoms with E-state index in [0.717, 1.165) is 20.1 Å². The van der Waals surface area contributed by atoms with Gasteiger partial charge in [-0.15, -0.1) is 0 Å². The van der Waals surface area contributed by atoms with Crippen molar-refractivity contribution in [1.82, 2.24) is 5.32 Å². The van der Waals surface area contributed by atoms with Crippen LogP contribution in [0, 0.1) is 5.92 Å². The van der Waals surface area contributed by atoms with Crippen molar-refractivity contribution >= 4 is 67.2 Å². The third kappa shape index (κ3) is 12.5. The fourth-order valence-electron chi connectivity index (χ4n) is 3.70. The SMILES string of the molecule is CC(=O)OCC(COC(=O)C(C)NC(=O)C(Cc1ccsc1)CC(C(N)CCS(C)(=O)=O)(S(=O)[O-])S(=O)[O-])OC(C)=O. The lowest BCUT2D eigenvalue weighted by molar-refractivity contribution is -0.165. The highest BCUT2D eigenvalue weighted by Gasteiger charge is 2.44. The first-order valence-corrected chi connectivity index (χ1v) is 17.4. The molecular weight excluding hydrogens is 641 g/mol. The molecule has 0 radical (unpaired) electrons. The highest BCUT2D eigenvalue weighted by molar-refractivity contribution is 7.99. The van der Waals surface area contributed by atoms with Gasteiger partial charge in [0.15, 0.2) is 6.10 Å². The summed E-state index contributed by atoms with van der Waals surface area (Å²) >= 11 is -5.54. The predicted octanol–water partition coefficient (Wildman–Crippen LogP) is -0.944. The minimum atomic E-state index is -3.63. The van der Waals surface area contributed by atoms with Gasteiger partial charge in [0, 0.05) is 32.1 Å². The van der Waals surface area contributed by atoms with Gasteiger partial charge in [-0.3, -0.25) is 22.8 Å². The van der Waals surface area contributed by atoms with Crippen LogP contribution in [0.15, 0.2) is 16.8 Å². The lowest BCUT2D eigenvalue weighted by atomic mass is 9.91. The van der Waals surface area contributed by atoms with Crippen LogP contribution in [0.2, 0.25) is 0 Å². The van der Waals surface area contributed by atoms with Crippen molar-refractivity contribution in [1.29, 1.82) is 0 Å². The highest BCUT2D eigenvalue weighted by Crippen LogP contribution is 2.33. The van der Waals surface area contributed by atoms with E-state index in [2.05, 4.69) is 5.32 Å². The molecule has 0 saturated carbocycles. The lowest BCUT2D eigenvalue weighted by Gasteiger charge is -2.44. The molecule has 0 aliphatic heterocycles. The van der Waals surface area contributed by atoms with E-state index in [1.165, 1.54) is 18.3 Å². The Morgan fingerprint density at radius 1 is 1.10 bits per heavy atom. The average Bonchev–Trinajstić information content (AvgIpc) is 3.38. The van der Waals surface area contributed by atoms with Crippen molar-refractivity contribution in [3.05, 3.63) is 22.4 Å². The molecule has 0 spiro atoms. The number of hydrogen-bond donors (Lipinski definition) is 2. The molecule has 6 unspecified atom stereocenters. The maximum atomic E-state index is 13.3. The summed E-state index contributed by atoms with van der Waals surface area (Å²) in [6, 6.07) is -1.41. The van der Waals surface area contributed by atoms with Gasteiger partial charge in [-0.1, -0.05) is 0 Å². The largest absolute Gasteiger partial charge is 0.771 e. The Hall–Kier alpha value is -2.29. The Balaban J connectivity index is 3.17. The third-order valence-electron chi connectivity index (χ3n) is 5.82. The molecule has 0 saturated heterocycles. The number of esters is 3. The zero-order valence-electron chi connectivity index (χ0n) is 23.3. The number of nitrogens with two attached hydrogens (primary N) is 1. The quantitative estimate of drug-likeness (QED) is 0.108. The second-order valence-electron chi connectivity index (χ2n) is 9.44. The van der Waals surface area contributed by atoms with Gasteiger partial charge in [-0.2, -0.15) is 11.3 Å². The monoisotopic (exact) mass is 674 g/mol. The molecule has 42 heavy (non-hydrogen) atoms. The second-order valence-corrected chi connectivity index (χ2v) is 15.1. The Labute approximate surface area is 252 Å². The van der Waals surface area contributed by atoms with Gasteiger partial charge in [-0.05, 0) is 70.7 Å². The highest BCUT2D eigenvalue weighted by atomic mass is 32.3. The minimum absolute atomic E-state index is 0.136. The van der Waals surface area contributed by atoms with E-state index in [4.69, 9.17) is 19.9 Å². The maximum Gasteiger partial charge on any atom is 0.328 e. The molecule has 240 valence electrons. The zero-order chi connectivity index (χ0) is 32.3. The number of sulfone groups is 1. The molecule has 6 atom stereocenters. The van der Waals surface area contributed by atoms with E-state index in [0.29, 0.717) is 5.56 Å². The number of carbonyl (C=O) groups is 4. The fourth-order valence-corrected chi connectivity index (χ4v) is 6.91. The van der Waals surface area contributed by atoms with Crippen LogP contribution < -0.4 is 11.1 Å². The van der Waals surface area contributed by atoms with E-state index in [-0.39, 0.29) is 6.42 Å². The van der Waals surface area contributed by atoms with Crippen LogP contribution in [0.25, 0.3) is 0 Å². The van der Waals surface area contributed by atoms with Gasteiger partial charge in [0.2, 0.25) is 5.91 Å². The van der Waals surface area contributed by atoms with Gasteiger partial charge in [-0.25, -0.2) is 13.2 Å². The molecule has 3 N–H and O–H groups in total. The van der Waals surface area contributed by atoms with Gasteiger partial charge in [0.1, 0.15) is 33.2 Å². The molecule has 15 nitrogen and oxygen atoms in total. The topological polar surface area (TPSA) is 248 Å². The lowest BCUT2D eigenvalue weighted by Crippen LogP contribution is -2.57. The standard InChI is InChI=1S/C23H36N2O13S4/c1-14(22(29)37-12-19(38-16(3)27)11-36-15(2)26)25-21(28)18(9-17-5-7-39-13-17)10-23(40(30)31,41(32)33)20(24)6-8-42(4,34)35/h5,7,13-14,18-20H,6,8-12,24H2,1-4H3,(H,25,28)(H,30,31)(H,32,33)/p-2. The fraction of sp³-hybridized carbons (Fsp3) is 0.652. The van der Waals surface area contributed by atoms with E-state index in [1.54, 1.807) is 16.8 Å². The van der Waals surface area contributed by atoms with Crippen LogP contribution in [0.5, 0.6) is 0 Å². The number of hydrogen-bond acceptors (Lipinski definition) is 15. The zero-order valence-corrected chi connectivity index (χ0v) is 26.6. The Kier molecular flexibility index (Phi) is 15.4. The van der Waals surface area contributed by atoms with Gasteiger partial charge >= 0.3 is 17.9 Å². The third-order valence-corrected chi connectivity index (χ3v) is 10.4. The summed E-state index contributed by atoms with van der Waals surface area (Å²) in [5.74, 6) is -5.24. The molecule has 0 aliphatic rings. The number of carbonyl (C=O) groups excluding carboxylic acids is 4. The van der Waals surface area contributed by atoms with Crippen molar-refractivity contribution in [2.24, 2.45) is 11.7 Å². The smallest absolute Gasteiger partial charge is 0.328 e. The number of thiophene rings is 1. The first-order chi connectivity index (χ1) is 19.4. The molecule has 1 amide bonds. The molecule has 1 aromatic rings. The van der Waals surface area contributed by atoms with Crippen LogP contribution in [0.3, 0.4) is 0 Å². The number of ether oxygens (including phenoxy) is 3. The van der Waals surface area contributed by atoms with Gasteiger partial charge in [0.05, 0.1) is 5.75 Å². The van der Waals surface area contributed by atoms with E-state index in [1.807, 2.05) is 0 Å². The summed E-state index contributed by atoms with van der Waals surface area (Å²) in [6.45, 7) is 2.55. The number of nitrogens with one attached hydrogen (secondary N) is 1. The van der Waals surface area contributed by atoms with Crippen LogP contribution in [0.4, 0.5) is 0 Å². The summed E-state index contributed by atoms with van der Waals surface area (Å²) in [5, 5.41) is 5.70. The van der Waals surface area contributed by atoms with E-state index in [9.17, 15) is 45.1 Å². The minimum Gasteiger partial charge on any atom is -0.771 e. The molecule has 1 heterocycles. The van der Waals surface area contributed by atoms with Gasteiger partial charge in [0.25, 0.3) is 0 Å².